The molecular formula is C6H12N2O. The molecule has 3 nitrogen and oxygen atoms in total. The molecule has 0 atom stereocenters. The first kappa shape index (κ1) is 8.17. The summed E-state index contributed by atoms with van der Waals surface area (Å²) in [7, 11) is 1.75. The van der Waals surface area contributed by atoms with Gasteiger partial charge in [-0.25, -0.2) is 4.99 Å². The third-order valence-corrected chi connectivity index (χ3v) is 1.04. The second kappa shape index (κ2) is 4.09. The quantitative estimate of drug-likeness (QED) is 0.332. The van der Waals surface area contributed by atoms with E-state index >= 15 is 0 Å². The molecule has 0 bridgehead atoms. The van der Waals surface area contributed by atoms with Crippen LogP contribution in [0.2, 0.25) is 0 Å². The van der Waals surface area contributed by atoms with Crippen molar-refractivity contribution in [3.63, 3.8) is 0 Å². The van der Waals surface area contributed by atoms with Crippen molar-refractivity contribution in [2.45, 2.75) is 6.92 Å². The van der Waals surface area contributed by atoms with Crippen molar-refractivity contribution in [3.8, 4) is 0 Å². The van der Waals surface area contributed by atoms with Crippen LogP contribution in [0.3, 0.4) is 0 Å². The van der Waals surface area contributed by atoms with Gasteiger partial charge in [0.05, 0.1) is 0 Å². The summed E-state index contributed by atoms with van der Waals surface area (Å²) < 4.78 is 0. The van der Waals surface area contributed by atoms with Gasteiger partial charge < -0.3 is 10.0 Å². The van der Waals surface area contributed by atoms with Crippen LogP contribution in [0.15, 0.2) is 17.8 Å². The van der Waals surface area contributed by atoms with Crippen molar-refractivity contribution in [2.75, 3.05) is 13.8 Å². The fourth-order valence-electron chi connectivity index (χ4n) is 0.333. The Kier molecular flexibility index (Phi) is 3.71. The van der Waals surface area contributed by atoms with Gasteiger partial charge in [-0.2, -0.15) is 0 Å². The molecule has 3 heteroatoms. The van der Waals surface area contributed by atoms with Crippen LogP contribution in [-0.2, 0) is 0 Å². The SMILES string of the molecule is C=CN=C(C)N(C)CO. The first-order chi connectivity index (χ1) is 4.22. The van der Waals surface area contributed by atoms with Crippen LogP contribution >= 0.6 is 0 Å². The van der Waals surface area contributed by atoms with Gasteiger partial charge in [0.2, 0.25) is 0 Å². The molecule has 0 spiro atoms. The van der Waals surface area contributed by atoms with E-state index in [9.17, 15) is 0 Å². The maximum atomic E-state index is 8.54. The first-order valence-electron chi connectivity index (χ1n) is 2.69. The Hall–Kier alpha value is -0.830. The van der Waals surface area contributed by atoms with Crippen LogP contribution in [0.4, 0.5) is 0 Å². The molecule has 52 valence electrons. The summed E-state index contributed by atoms with van der Waals surface area (Å²) in [5.74, 6) is 0.757. The summed E-state index contributed by atoms with van der Waals surface area (Å²) in [6, 6.07) is 0. The Bertz CT molecular complexity index is 120. The number of nitrogens with zero attached hydrogens (tertiary/aromatic N) is 2. The third kappa shape index (κ3) is 2.87. The fraction of sp³-hybridized carbons (Fsp3) is 0.500. The maximum Gasteiger partial charge on any atom is 0.116 e. The van der Waals surface area contributed by atoms with Crippen molar-refractivity contribution in [1.82, 2.24) is 4.90 Å². The number of amidine groups is 1. The number of rotatable bonds is 2. The standard InChI is InChI=1S/C6H12N2O/c1-4-7-6(2)8(3)5-9/h4,9H,1,5H2,2-3H3. The Morgan fingerprint density at radius 2 is 2.44 bits per heavy atom. The van der Waals surface area contributed by atoms with E-state index in [-0.39, 0.29) is 6.73 Å². The second-order valence-corrected chi connectivity index (χ2v) is 1.70. The highest BCUT2D eigenvalue weighted by molar-refractivity contribution is 5.79. The Labute approximate surface area is 55.3 Å². The van der Waals surface area contributed by atoms with E-state index < -0.39 is 0 Å². The summed E-state index contributed by atoms with van der Waals surface area (Å²) in [5.41, 5.74) is 0. The lowest BCUT2D eigenvalue weighted by Crippen LogP contribution is -2.24. The monoisotopic (exact) mass is 128 g/mol. The average molecular weight is 128 g/mol. The maximum absolute atomic E-state index is 8.54. The smallest absolute Gasteiger partial charge is 0.116 e. The minimum absolute atomic E-state index is 0.0107. The molecule has 9 heavy (non-hydrogen) atoms. The van der Waals surface area contributed by atoms with Gasteiger partial charge in [0, 0.05) is 13.2 Å². The minimum Gasteiger partial charge on any atom is -0.376 e. The molecule has 0 saturated carbocycles. The molecule has 0 unspecified atom stereocenters. The normalized spacial score (nSPS) is 11.2. The van der Waals surface area contributed by atoms with Gasteiger partial charge in [-0.3, -0.25) is 0 Å². The number of aliphatic hydroxyl groups excluding tert-OH is 1. The van der Waals surface area contributed by atoms with Crippen LogP contribution in [0.25, 0.3) is 0 Å². The lowest BCUT2D eigenvalue weighted by molar-refractivity contribution is 0.191. The van der Waals surface area contributed by atoms with Crippen molar-refractivity contribution in [2.24, 2.45) is 4.99 Å². The highest BCUT2D eigenvalue weighted by Crippen LogP contribution is 1.84. The summed E-state index contributed by atoms with van der Waals surface area (Å²) >= 11 is 0. The molecule has 1 N–H and O–H groups in total. The Balaban J connectivity index is 3.84. The van der Waals surface area contributed by atoms with E-state index in [1.54, 1.807) is 18.9 Å². The fourth-order valence-corrected chi connectivity index (χ4v) is 0.333. The molecule has 0 aliphatic heterocycles. The van der Waals surface area contributed by atoms with Gasteiger partial charge in [0.25, 0.3) is 0 Å². The van der Waals surface area contributed by atoms with Crippen molar-refractivity contribution < 1.29 is 5.11 Å². The molecular weight excluding hydrogens is 116 g/mol. The Morgan fingerprint density at radius 1 is 1.89 bits per heavy atom. The molecule has 0 heterocycles. The number of aliphatic imine (C=N–C) groups is 1. The van der Waals surface area contributed by atoms with Crippen LogP contribution < -0.4 is 0 Å². The molecule has 0 aliphatic rings. The largest absolute Gasteiger partial charge is 0.376 e. The van der Waals surface area contributed by atoms with Crippen LogP contribution in [0.1, 0.15) is 6.92 Å². The predicted molar refractivity (Wildman–Crippen MR) is 38.2 cm³/mol. The van der Waals surface area contributed by atoms with E-state index in [1.807, 2.05) is 0 Å². The highest BCUT2D eigenvalue weighted by Gasteiger charge is 1.93. The van der Waals surface area contributed by atoms with Gasteiger partial charge in [0.1, 0.15) is 12.6 Å². The van der Waals surface area contributed by atoms with Crippen LogP contribution in [0.5, 0.6) is 0 Å². The molecule has 0 saturated heterocycles. The number of aliphatic hydroxyl groups is 1. The van der Waals surface area contributed by atoms with Crippen LogP contribution in [-0.4, -0.2) is 29.6 Å². The zero-order chi connectivity index (χ0) is 7.28. The molecule has 0 aliphatic carbocycles. The van der Waals surface area contributed by atoms with E-state index in [2.05, 4.69) is 11.6 Å². The minimum atomic E-state index is -0.0107. The van der Waals surface area contributed by atoms with E-state index in [1.165, 1.54) is 6.20 Å². The van der Waals surface area contributed by atoms with Crippen LogP contribution in [0, 0.1) is 0 Å². The first-order valence-corrected chi connectivity index (χ1v) is 2.69. The number of hydrogen-bond donors (Lipinski definition) is 1. The average Bonchev–Trinajstić information content (AvgIpc) is 1.87. The molecule has 0 aromatic heterocycles. The van der Waals surface area contributed by atoms with Gasteiger partial charge >= 0.3 is 0 Å². The molecule has 0 radical (unpaired) electrons. The zero-order valence-electron chi connectivity index (χ0n) is 5.83. The lowest BCUT2D eigenvalue weighted by Gasteiger charge is -2.13. The summed E-state index contributed by atoms with van der Waals surface area (Å²) in [6.45, 7) is 5.21. The second-order valence-electron chi connectivity index (χ2n) is 1.70. The van der Waals surface area contributed by atoms with Crippen molar-refractivity contribution in [3.05, 3.63) is 12.8 Å². The number of hydrogen-bond acceptors (Lipinski definition) is 2. The van der Waals surface area contributed by atoms with Gasteiger partial charge in [-0.05, 0) is 6.92 Å². The van der Waals surface area contributed by atoms with E-state index in [4.69, 9.17) is 5.11 Å². The summed E-state index contributed by atoms with van der Waals surface area (Å²) in [6.07, 6.45) is 1.45. The summed E-state index contributed by atoms with van der Waals surface area (Å²) in [5, 5.41) is 8.54. The third-order valence-electron chi connectivity index (χ3n) is 1.04. The van der Waals surface area contributed by atoms with E-state index in [0.29, 0.717) is 0 Å². The highest BCUT2D eigenvalue weighted by atomic mass is 16.3. The van der Waals surface area contributed by atoms with Gasteiger partial charge in [0.15, 0.2) is 0 Å². The topological polar surface area (TPSA) is 35.8 Å². The molecule has 0 amide bonds. The predicted octanol–water partition coefficient (Wildman–Crippen LogP) is 0.430. The lowest BCUT2D eigenvalue weighted by atomic mass is 10.6. The zero-order valence-corrected chi connectivity index (χ0v) is 5.83. The Morgan fingerprint density at radius 3 is 2.78 bits per heavy atom. The van der Waals surface area contributed by atoms with E-state index in [0.717, 1.165) is 5.84 Å². The molecule has 0 aromatic rings. The molecule has 0 rings (SSSR count). The summed E-state index contributed by atoms with van der Waals surface area (Å²) in [4.78, 5) is 5.45. The van der Waals surface area contributed by atoms with Gasteiger partial charge in [-0.15, -0.1) is 0 Å². The molecule has 0 aromatic carbocycles. The van der Waals surface area contributed by atoms with Crippen molar-refractivity contribution in [1.29, 1.82) is 0 Å². The van der Waals surface area contributed by atoms with Crippen molar-refractivity contribution >= 4 is 5.84 Å². The van der Waals surface area contributed by atoms with Gasteiger partial charge in [-0.1, -0.05) is 6.58 Å². The molecule has 0 fully saturated rings.